The molecule has 1 aliphatic rings. The third-order valence-corrected chi connectivity index (χ3v) is 6.98. The van der Waals surface area contributed by atoms with Gasteiger partial charge in [-0.05, 0) is 83.1 Å². The van der Waals surface area contributed by atoms with Crippen LogP contribution in [0.1, 0.15) is 16.7 Å². The number of methoxy groups -OCH3 is 1. The number of nitrogens with zero attached hydrogens (tertiary/aromatic N) is 2. The molecule has 212 valence electrons. The Morgan fingerprint density at radius 3 is 2.39 bits per heavy atom. The fourth-order valence-electron chi connectivity index (χ4n) is 3.73. The lowest BCUT2D eigenvalue weighted by Crippen LogP contribution is -2.54. The van der Waals surface area contributed by atoms with Gasteiger partial charge in [0.15, 0.2) is 11.5 Å². The molecule has 0 radical (unpaired) electrons. The second kappa shape index (κ2) is 11.4. The van der Waals surface area contributed by atoms with Gasteiger partial charge in [-0.2, -0.15) is 13.2 Å². The first-order valence-electron chi connectivity index (χ1n) is 11.3. The number of carbonyl (C=O) groups is 3. The number of aryl methyl sites for hydroxylation is 1. The third kappa shape index (κ3) is 6.12. The topological polar surface area (TPSA) is 128 Å². The van der Waals surface area contributed by atoms with Crippen molar-refractivity contribution in [2.24, 2.45) is 0 Å². The maximum Gasteiger partial charge on any atom is 0.416 e. The van der Waals surface area contributed by atoms with Crippen LogP contribution in [0.4, 0.5) is 29.3 Å². The summed E-state index contributed by atoms with van der Waals surface area (Å²) >= 11 is 7.93. The van der Waals surface area contributed by atoms with Crippen LogP contribution in [0.2, 0.25) is 5.02 Å². The van der Waals surface area contributed by atoms with Crippen molar-refractivity contribution >= 4 is 69.5 Å². The van der Waals surface area contributed by atoms with E-state index in [1.54, 1.807) is 35.6 Å². The Kier molecular flexibility index (Phi) is 8.26. The van der Waals surface area contributed by atoms with E-state index in [4.69, 9.17) is 21.1 Å². The molecular formula is C26H16ClF3IN3O7. The van der Waals surface area contributed by atoms with Crippen LogP contribution in [-0.2, 0) is 15.8 Å². The first kappa shape index (κ1) is 29.8. The van der Waals surface area contributed by atoms with E-state index in [1.807, 2.05) is 0 Å². The molecule has 0 saturated carbocycles. The molecule has 0 bridgehead atoms. The van der Waals surface area contributed by atoms with Crippen LogP contribution in [0, 0.1) is 20.6 Å². The molecule has 3 aromatic carbocycles. The van der Waals surface area contributed by atoms with Crippen molar-refractivity contribution in [2.45, 2.75) is 13.1 Å². The lowest BCUT2D eigenvalue weighted by atomic mass is 10.1. The van der Waals surface area contributed by atoms with Gasteiger partial charge in [-0.15, -0.1) is 0 Å². The van der Waals surface area contributed by atoms with Gasteiger partial charge >= 0.3 is 17.9 Å². The number of halogens is 5. The Hall–Kier alpha value is -4.18. The van der Waals surface area contributed by atoms with E-state index in [2.05, 4.69) is 5.32 Å². The third-order valence-electron chi connectivity index (χ3n) is 5.77. The molecule has 0 aliphatic carbocycles. The highest BCUT2D eigenvalue weighted by atomic mass is 127. The average Bonchev–Trinajstić information content (AvgIpc) is 2.89. The van der Waals surface area contributed by atoms with E-state index < -0.39 is 51.5 Å². The molecule has 10 nitrogen and oxygen atoms in total. The molecule has 0 atom stereocenters. The largest absolute Gasteiger partial charge is 0.493 e. The van der Waals surface area contributed by atoms with Gasteiger partial charge in [-0.3, -0.25) is 25.0 Å². The minimum Gasteiger partial charge on any atom is -0.493 e. The molecule has 3 aromatic rings. The predicted molar refractivity (Wildman–Crippen MR) is 149 cm³/mol. The van der Waals surface area contributed by atoms with Crippen molar-refractivity contribution in [2.75, 3.05) is 12.0 Å². The predicted octanol–water partition coefficient (Wildman–Crippen LogP) is 6.65. The number of rotatable bonds is 6. The van der Waals surface area contributed by atoms with Crippen LogP contribution in [0.25, 0.3) is 6.08 Å². The number of nitro benzene ring substituents is 1. The number of hydrogen-bond donors (Lipinski definition) is 1. The second-order valence-electron chi connectivity index (χ2n) is 8.46. The van der Waals surface area contributed by atoms with E-state index in [1.165, 1.54) is 37.5 Å². The Bertz CT molecular complexity index is 1660. The number of ether oxygens (including phenoxy) is 2. The van der Waals surface area contributed by atoms with Crippen molar-refractivity contribution in [3.63, 3.8) is 0 Å². The fraction of sp³-hybridized carbons (Fsp3) is 0.115. The zero-order chi connectivity index (χ0) is 30.2. The van der Waals surface area contributed by atoms with Crippen LogP contribution >= 0.6 is 34.2 Å². The number of urea groups is 1. The quantitative estimate of drug-likeness (QED) is 0.100. The molecule has 1 aliphatic heterocycles. The summed E-state index contributed by atoms with van der Waals surface area (Å²) in [5.74, 6) is -2.43. The fourth-order valence-corrected chi connectivity index (χ4v) is 4.64. The highest BCUT2D eigenvalue weighted by Gasteiger charge is 2.37. The number of amides is 4. The van der Waals surface area contributed by atoms with Crippen LogP contribution in [0.5, 0.6) is 17.2 Å². The SMILES string of the molecule is COc1cc(/C=C2\C(=O)NC(=O)N(c3ccc(C)c(Cl)c3)C2=O)cc(I)c1Oc1ccc(C(F)(F)F)cc1[N+](=O)[O-]. The molecule has 0 spiro atoms. The Morgan fingerprint density at radius 1 is 1.07 bits per heavy atom. The smallest absolute Gasteiger partial charge is 0.416 e. The van der Waals surface area contributed by atoms with Gasteiger partial charge in [0.05, 0.1) is 26.9 Å². The van der Waals surface area contributed by atoms with Gasteiger partial charge in [0.2, 0.25) is 5.75 Å². The Labute approximate surface area is 248 Å². The number of hydrogen-bond acceptors (Lipinski definition) is 7. The second-order valence-corrected chi connectivity index (χ2v) is 10.0. The van der Waals surface area contributed by atoms with Gasteiger partial charge in [0, 0.05) is 11.1 Å². The summed E-state index contributed by atoms with van der Waals surface area (Å²) in [5.41, 5.74) is -1.46. The standard InChI is InChI=1S/C26H16ClF3IN3O7/c1-12-3-5-15(11-17(12)27)33-24(36)16(23(35)32-25(33)37)7-13-8-18(31)22(21(9-13)40-2)41-20-6-4-14(26(28,29)30)10-19(20)34(38)39/h3-11H,1-2H3,(H,32,35,37)/b16-7+. The number of nitro groups is 1. The van der Waals surface area contributed by atoms with Crippen LogP contribution in [0.3, 0.4) is 0 Å². The number of carbonyl (C=O) groups excluding carboxylic acids is 3. The summed E-state index contributed by atoms with van der Waals surface area (Å²) in [4.78, 5) is 49.5. The summed E-state index contributed by atoms with van der Waals surface area (Å²) < 4.78 is 50.4. The lowest BCUT2D eigenvalue weighted by molar-refractivity contribution is -0.385. The number of anilines is 1. The van der Waals surface area contributed by atoms with Crippen molar-refractivity contribution in [3.8, 4) is 17.2 Å². The number of imide groups is 2. The van der Waals surface area contributed by atoms with E-state index in [9.17, 15) is 37.7 Å². The Morgan fingerprint density at radius 2 is 1.78 bits per heavy atom. The average molecular weight is 702 g/mol. The number of barbiturate groups is 1. The summed E-state index contributed by atoms with van der Waals surface area (Å²) in [6.45, 7) is 1.73. The summed E-state index contributed by atoms with van der Waals surface area (Å²) in [6.07, 6.45) is -3.61. The monoisotopic (exact) mass is 701 g/mol. The van der Waals surface area contributed by atoms with Gasteiger partial charge in [0.1, 0.15) is 5.57 Å². The maximum atomic E-state index is 13.2. The molecule has 1 heterocycles. The molecule has 4 rings (SSSR count). The van der Waals surface area contributed by atoms with E-state index in [0.717, 1.165) is 11.0 Å². The van der Waals surface area contributed by atoms with Crippen LogP contribution in [0.15, 0.2) is 54.1 Å². The lowest BCUT2D eigenvalue weighted by Gasteiger charge is -2.26. The highest BCUT2D eigenvalue weighted by Crippen LogP contribution is 2.42. The molecule has 15 heteroatoms. The van der Waals surface area contributed by atoms with E-state index in [-0.39, 0.29) is 26.3 Å². The van der Waals surface area contributed by atoms with Gasteiger partial charge < -0.3 is 9.47 Å². The van der Waals surface area contributed by atoms with Crippen LogP contribution < -0.4 is 19.7 Å². The zero-order valence-corrected chi connectivity index (χ0v) is 23.8. The van der Waals surface area contributed by atoms with Crippen molar-refractivity contribution in [3.05, 3.63) is 89.5 Å². The van der Waals surface area contributed by atoms with Crippen molar-refractivity contribution in [1.29, 1.82) is 0 Å². The maximum absolute atomic E-state index is 13.2. The molecule has 1 N–H and O–H groups in total. The molecule has 1 fully saturated rings. The van der Waals surface area contributed by atoms with Gasteiger partial charge in [-0.25, -0.2) is 9.69 Å². The summed E-state index contributed by atoms with van der Waals surface area (Å²) in [7, 11) is 1.25. The van der Waals surface area contributed by atoms with Gasteiger partial charge in [0.25, 0.3) is 11.8 Å². The number of alkyl halides is 3. The molecule has 41 heavy (non-hydrogen) atoms. The molecule has 0 aromatic heterocycles. The molecule has 4 amide bonds. The highest BCUT2D eigenvalue weighted by molar-refractivity contribution is 14.1. The van der Waals surface area contributed by atoms with E-state index in [0.29, 0.717) is 22.7 Å². The Balaban J connectivity index is 1.72. The first-order valence-corrected chi connectivity index (χ1v) is 12.8. The minimum absolute atomic E-state index is 0.0140. The molecule has 0 unspecified atom stereocenters. The number of benzene rings is 3. The normalized spacial score (nSPS) is 14.8. The number of nitrogens with one attached hydrogen (secondary N) is 1. The van der Waals surface area contributed by atoms with Crippen molar-refractivity contribution < 1.29 is 42.0 Å². The summed E-state index contributed by atoms with van der Waals surface area (Å²) in [5, 5.41) is 13.9. The van der Waals surface area contributed by atoms with E-state index >= 15 is 0 Å². The van der Waals surface area contributed by atoms with Gasteiger partial charge in [-0.1, -0.05) is 17.7 Å². The minimum atomic E-state index is -4.81. The van der Waals surface area contributed by atoms with Crippen LogP contribution in [-0.4, -0.2) is 29.9 Å². The molecule has 1 saturated heterocycles. The molecular weight excluding hydrogens is 686 g/mol. The van der Waals surface area contributed by atoms with Crippen molar-refractivity contribution in [1.82, 2.24) is 5.32 Å². The first-order chi connectivity index (χ1) is 19.2. The summed E-state index contributed by atoms with van der Waals surface area (Å²) in [6, 6.07) is 8.12. The zero-order valence-electron chi connectivity index (χ0n) is 20.8.